The fourth-order valence-electron chi connectivity index (χ4n) is 5.59. The predicted molar refractivity (Wildman–Crippen MR) is 139 cm³/mol. The van der Waals surface area contributed by atoms with Crippen LogP contribution in [0.1, 0.15) is 63.9 Å². The van der Waals surface area contributed by atoms with Crippen molar-refractivity contribution in [1.82, 2.24) is 15.1 Å². The lowest BCUT2D eigenvalue weighted by Crippen LogP contribution is -2.49. The van der Waals surface area contributed by atoms with Gasteiger partial charge in [0.2, 0.25) is 5.91 Å². The van der Waals surface area contributed by atoms with E-state index in [-0.39, 0.29) is 17.7 Å². The summed E-state index contributed by atoms with van der Waals surface area (Å²) in [5.74, 6) is 0.497. The van der Waals surface area contributed by atoms with Gasteiger partial charge in [0.25, 0.3) is 11.8 Å². The van der Waals surface area contributed by atoms with E-state index in [0.29, 0.717) is 56.9 Å². The molecule has 0 atom stereocenters. The molecule has 5 rings (SSSR count). The number of fused-ring (bicyclic) bond motifs is 9. The van der Waals surface area contributed by atoms with Gasteiger partial charge in [-0.25, -0.2) is 0 Å². The van der Waals surface area contributed by atoms with E-state index in [2.05, 4.69) is 5.32 Å². The van der Waals surface area contributed by atoms with Crippen molar-refractivity contribution >= 4 is 17.7 Å². The van der Waals surface area contributed by atoms with E-state index in [1.807, 2.05) is 60.0 Å². The van der Waals surface area contributed by atoms with E-state index >= 15 is 0 Å². The molecule has 1 N–H and O–H groups in total. The van der Waals surface area contributed by atoms with Crippen LogP contribution in [0.15, 0.2) is 42.5 Å². The summed E-state index contributed by atoms with van der Waals surface area (Å²) in [6.07, 6.45) is 3.64. The van der Waals surface area contributed by atoms with Crippen LogP contribution in [0.3, 0.4) is 0 Å². The lowest BCUT2D eigenvalue weighted by Gasteiger charge is -2.40. The average Bonchev–Trinajstić information content (AvgIpc) is 2.89. The molecule has 2 aromatic rings. The number of carbonyl (C=O) groups is 3. The number of amides is 3. The van der Waals surface area contributed by atoms with Gasteiger partial charge < -0.3 is 19.9 Å². The summed E-state index contributed by atoms with van der Waals surface area (Å²) in [7, 11) is 1.68. The second-order valence-electron chi connectivity index (χ2n) is 10.0. The molecule has 0 saturated carbocycles. The summed E-state index contributed by atoms with van der Waals surface area (Å²) in [5, 5.41) is 2.86. The number of carbonyl (C=O) groups excluding carboxylic acids is 3. The maximum Gasteiger partial charge on any atom is 0.257 e. The molecule has 0 unspecified atom stereocenters. The zero-order valence-electron chi connectivity index (χ0n) is 21.6. The number of nitrogens with one attached hydrogen (secondary N) is 1. The van der Waals surface area contributed by atoms with Gasteiger partial charge in [0.1, 0.15) is 12.4 Å². The van der Waals surface area contributed by atoms with Crippen LogP contribution in [0.25, 0.3) is 0 Å². The summed E-state index contributed by atoms with van der Waals surface area (Å²) in [6, 6.07) is 13.2. The van der Waals surface area contributed by atoms with Gasteiger partial charge in [0.05, 0.1) is 17.5 Å². The highest BCUT2D eigenvalue weighted by Crippen LogP contribution is 2.38. The molecule has 7 nitrogen and oxygen atoms in total. The number of hydrogen-bond acceptors (Lipinski definition) is 4. The van der Waals surface area contributed by atoms with Crippen molar-refractivity contribution in [3.63, 3.8) is 0 Å². The maximum atomic E-state index is 13.6. The summed E-state index contributed by atoms with van der Waals surface area (Å²) in [4.78, 5) is 43.7. The molecule has 0 spiro atoms. The molecule has 2 bridgehead atoms. The Labute approximate surface area is 213 Å². The van der Waals surface area contributed by atoms with E-state index in [0.717, 1.165) is 36.0 Å². The number of para-hydroxylation sites is 1. The van der Waals surface area contributed by atoms with Crippen molar-refractivity contribution in [3.8, 4) is 5.75 Å². The third kappa shape index (κ3) is 5.25. The van der Waals surface area contributed by atoms with Crippen molar-refractivity contribution in [1.29, 1.82) is 0 Å². The number of piperidine rings is 1. The van der Waals surface area contributed by atoms with E-state index in [1.165, 1.54) is 0 Å². The molecule has 3 aliphatic rings. The number of hydrogen-bond donors (Lipinski definition) is 1. The molecule has 3 heterocycles. The van der Waals surface area contributed by atoms with Gasteiger partial charge >= 0.3 is 0 Å². The Hall–Kier alpha value is -3.35. The second-order valence-corrected chi connectivity index (χ2v) is 10.0. The van der Waals surface area contributed by atoms with E-state index in [9.17, 15) is 14.4 Å². The molecule has 1 fully saturated rings. The Bertz CT molecular complexity index is 1100. The molecule has 7 heteroatoms. The fourth-order valence-corrected chi connectivity index (χ4v) is 5.59. The molecule has 0 aliphatic carbocycles. The first kappa shape index (κ1) is 25.7. The molecule has 36 heavy (non-hydrogen) atoms. The molecular formula is C29H37N3O4. The van der Waals surface area contributed by atoms with Crippen LogP contribution in [-0.4, -0.2) is 67.4 Å². The zero-order chi connectivity index (χ0) is 25.7. The normalized spacial score (nSPS) is 18.5. The van der Waals surface area contributed by atoms with Crippen LogP contribution >= 0.6 is 0 Å². The number of nitrogens with zero attached hydrogens (tertiary/aromatic N) is 2. The lowest BCUT2D eigenvalue weighted by molar-refractivity contribution is -0.133. The lowest BCUT2D eigenvalue weighted by atomic mass is 9.73. The van der Waals surface area contributed by atoms with E-state index in [1.54, 1.807) is 13.1 Å². The Kier molecular flexibility index (Phi) is 7.97. The summed E-state index contributed by atoms with van der Waals surface area (Å²) < 4.78 is 6.09. The highest BCUT2D eigenvalue weighted by atomic mass is 16.5. The van der Waals surface area contributed by atoms with Gasteiger partial charge in [-0.15, -0.1) is 0 Å². The van der Waals surface area contributed by atoms with Crippen molar-refractivity contribution in [3.05, 3.63) is 64.7 Å². The van der Waals surface area contributed by atoms with Crippen LogP contribution in [0.4, 0.5) is 0 Å². The predicted octanol–water partition coefficient (Wildman–Crippen LogP) is 3.98. The third-order valence-corrected chi connectivity index (χ3v) is 7.77. The molecule has 1 saturated heterocycles. The maximum absolute atomic E-state index is 13.6. The Morgan fingerprint density at radius 3 is 2.28 bits per heavy atom. The van der Waals surface area contributed by atoms with Crippen molar-refractivity contribution in [2.45, 2.75) is 46.0 Å². The van der Waals surface area contributed by atoms with E-state index < -0.39 is 5.41 Å². The van der Waals surface area contributed by atoms with Crippen LogP contribution in [0.5, 0.6) is 5.75 Å². The van der Waals surface area contributed by atoms with Crippen molar-refractivity contribution < 1.29 is 19.1 Å². The Balaban J connectivity index is 1.63. The fraction of sp³-hybridized carbons (Fsp3) is 0.483. The minimum absolute atomic E-state index is 0.00376. The van der Waals surface area contributed by atoms with Gasteiger partial charge in [-0.1, -0.05) is 36.8 Å². The number of ether oxygens (including phenoxy) is 1. The van der Waals surface area contributed by atoms with Crippen molar-refractivity contribution in [2.75, 3.05) is 39.8 Å². The number of aryl methyl sites for hydroxylation is 2. The summed E-state index contributed by atoms with van der Waals surface area (Å²) in [6.45, 7) is 6.31. The molecule has 192 valence electrons. The summed E-state index contributed by atoms with van der Waals surface area (Å²) in [5.41, 5.74) is 2.69. The van der Waals surface area contributed by atoms with Gasteiger partial charge in [-0.3, -0.25) is 14.4 Å². The summed E-state index contributed by atoms with van der Waals surface area (Å²) >= 11 is 0. The zero-order valence-corrected chi connectivity index (χ0v) is 21.6. The van der Waals surface area contributed by atoms with Gasteiger partial charge in [0, 0.05) is 32.2 Å². The van der Waals surface area contributed by atoms with Crippen molar-refractivity contribution in [2.24, 2.45) is 5.41 Å². The Morgan fingerprint density at radius 2 is 1.58 bits per heavy atom. The van der Waals surface area contributed by atoms with Crippen LogP contribution < -0.4 is 10.1 Å². The largest absolute Gasteiger partial charge is 0.491 e. The molecule has 3 aliphatic heterocycles. The first-order valence-corrected chi connectivity index (χ1v) is 12.9. The minimum Gasteiger partial charge on any atom is -0.491 e. The molecular weight excluding hydrogens is 454 g/mol. The quantitative estimate of drug-likeness (QED) is 0.689. The monoisotopic (exact) mass is 491 g/mol. The van der Waals surface area contributed by atoms with Crippen LogP contribution in [-0.2, 0) is 4.79 Å². The molecule has 2 aromatic carbocycles. The van der Waals surface area contributed by atoms with Crippen LogP contribution in [0.2, 0.25) is 0 Å². The first-order chi connectivity index (χ1) is 17.4. The first-order valence-electron chi connectivity index (χ1n) is 12.9. The van der Waals surface area contributed by atoms with Gasteiger partial charge in [-0.05, 0) is 62.8 Å². The van der Waals surface area contributed by atoms with Crippen LogP contribution in [0, 0.1) is 19.3 Å². The smallest absolute Gasteiger partial charge is 0.257 e. The number of rotatable bonds is 2. The van der Waals surface area contributed by atoms with Gasteiger partial charge in [0.15, 0.2) is 0 Å². The van der Waals surface area contributed by atoms with E-state index in [4.69, 9.17) is 4.74 Å². The highest BCUT2D eigenvalue weighted by molar-refractivity contribution is 5.98. The Morgan fingerprint density at radius 1 is 0.889 bits per heavy atom. The molecule has 0 aromatic heterocycles. The SMILES string of the molecule is CNC(=O)C12CCCCN(C(=O)c3c(C)cccc3C)CCOc3ccccc3C(=O)N(CC1)CC2. The third-order valence-electron chi connectivity index (χ3n) is 7.77. The highest BCUT2D eigenvalue weighted by Gasteiger charge is 2.41. The number of benzene rings is 2. The average molecular weight is 492 g/mol. The topological polar surface area (TPSA) is 79.0 Å². The molecule has 0 radical (unpaired) electrons. The second kappa shape index (κ2) is 11.1. The minimum atomic E-state index is -0.483. The molecule has 3 amide bonds. The van der Waals surface area contributed by atoms with Gasteiger partial charge in [-0.2, -0.15) is 0 Å². The standard InChI is InChI=1S/C29H37N3O4/c1-21-9-8-10-22(2)25(21)27(34)31-16-7-6-13-29(28(35)30-3)14-17-32(18-15-29)26(33)23-11-4-5-12-24(23)36-20-19-31/h4-5,8-12H,6-7,13-20H2,1-3H3,(H,30,35).